The second kappa shape index (κ2) is 4.99. The maximum absolute atomic E-state index is 5.43. The van der Waals surface area contributed by atoms with Crippen molar-refractivity contribution in [2.24, 2.45) is 0 Å². The fraction of sp³-hybridized carbons (Fsp3) is 0.385. The molecule has 1 aliphatic rings. The van der Waals surface area contributed by atoms with E-state index in [2.05, 4.69) is 24.0 Å². The van der Waals surface area contributed by atoms with Gasteiger partial charge >= 0.3 is 0 Å². The second-order valence-electron chi connectivity index (χ2n) is 3.82. The summed E-state index contributed by atoms with van der Waals surface area (Å²) in [6.45, 7) is 5.33. The minimum atomic E-state index is 0.540. The summed E-state index contributed by atoms with van der Waals surface area (Å²) in [5.74, 6) is 0.914. The smallest absolute Gasteiger partial charge is 0.119 e. The number of hydrogen-bond donors (Lipinski definition) is 1. The fourth-order valence-electron chi connectivity index (χ4n) is 1.92. The molecule has 2 nitrogen and oxygen atoms in total. The molecule has 1 atom stereocenters. The summed E-state index contributed by atoms with van der Waals surface area (Å²) in [6, 6.07) is 8.87. The first-order valence-corrected chi connectivity index (χ1v) is 5.47. The normalized spacial score (nSPS) is 20.1. The lowest BCUT2D eigenvalue weighted by Crippen LogP contribution is -2.12. The zero-order chi connectivity index (χ0) is 10.5. The van der Waals surface area contributed by atoms with Crippen LogP contribution >= 0.6 is 0 Å². The van der Waals surface area contributed by atoms with Gasteiger partial charge in [0.2, 0.25) is 0 Å². The van der Waals surface area contributed by atoms with Crippen LogP contribution in [-0.2, 0) is 0 Å². The monoisotopic (exact) mass is 203 g/mol. The molecule has 0 unspecified atom stereocenters. The molecule has 0 aromatic heterocycles. The van der Waals surface area contributed by atoms with E-state index in [0.717, 1.165) is 12.3 Å². The highest BCUT2D eigenvalue weighted by atomic mass is 16.5. The molecular weight excluding hydrogens is 186 g/mol. The lowest BCUT2D eigenvalue weighted by atomic mass is 10.1. The third kappa shape index (κ3) is 2.60. The third-order valence-corrected chi connectivity index (χ3v) is 2.71. The van der Waals surface area contributed by atoms with Crippen LogP contribution in [0, 0.1) is 0 Å². The first-order chi connectivity index (χ1) is 7.40. The van der Waals surface area contributed by atoms with E-state index in [1.54, 1.807) is 6.08 Å². The van der Waals surface area contributed by atoms with Gasteiger partial charge in [-0.15, -0.1) is 0 Å². The van der Waals surface area contributed by atoms with Gasteiger partial charge in [0.05, 0.1) is 0 Å². The topological polar surface area (TPSA) is 21.3 Å². The Morgan fingerprint density at radius 1 is 1.40 bits per heavy atom. The molecule has 1 fully saturated rings. The molecule has 0 saturated carbocycles. The number of rotatable bonds is 4. The van der Waals surface area contributed by atoms with Crippen LogP contribution in [0.25, 0.3) is 0 Å². The van der Waals surface area contributed by atoms with E-state index in [1.165, 1.54) is 18.4 Å². The maximum atomic E-state index is 5.43. The minimum Gasteiger partial charge on any atom is -0.490 e. The van der Waals surface area contributed by atoms with E-state index < -0.39 is 0 Å². The van der Waals surface area contributed by atoms with E-state index in [1.807, 2.05) is 12.1 Å². The zero-order valence-corrected chi connectivity index (χ0v) is 8.91. The van der Waals surface area contributed by atoms with Crippen LogP contribution in [0.1, 0.15) is 24.4 Å². The van der Waals surface area contributed by atoms with Crippen LogP contribution in [0.2, 0.25) is 0 Å². The molecule has 2 rings (SSSR count). The molecule has 80 valence electrons. The summed E-state index contributed by atoms with van der Waals surface area (Å²) in [5.41, 5.74) is 1.36. The number of ether oxygens (including phenoxy) is 1. The van der Waals surface area contributed by atoms with E-state index in [9.17, 15) is 0 Å². The van der Waals surface area contributed by atoms with E-state index >= 15 is 0 Å². The summed E-state index contributed by atoms with van der Waals surface area (Å²) in [6.07, 6.45) is 4.28. The van der Waals surface area contributed by atoms with Crippen LogP contribution < -0.4 is 10.1 Å². The molecule has 1 saturated heterocycles. The van der Waals surface area contributed by atoms with Crippen molar-refractivity contribution in [2.75, 3.05) is 13.2 Å². The zero-order valence-electron chi connectivity index (χ0n) is 8.91. The van der Waals surface area contributed by atoms with Crippen molar-refractivity contribution >= 4 is 0 Å². The van der Waals surface area contributed by atoms with Crippen LogP contribution in [0.15, 0.2) is 36.9 Å². The predicted octanol–water partition coefficient (Wildman–Crippen LogP) is 2.68. The fourth-order valence-corrected chi connectivity index (χ4v) is 1.92. The predicted molar refractivity (Wildman–Crippen MR) is 62.1 cm³/mol. The summed E-state index contributed by atoms with van der Waals surface area (Å²) >= 11 is 0. The highest BCUT2D eigenvalue weighted by molar-refractivity contribution is 5.29. The molecule has 0 bridgehead atoms. The molecule has 15 heavy (non-hydrogen) atoms. The Morgan fingerprint density at radius 3 is 2.80 bits per heavy atom. The molecule has 2 heteroatoms. The van der Waals surface area contributed by atoms with Crippen molar-refractivity contribution in [1.82, 2.24) is 5.32 Å². The molecule has 1 heterocycles. The van der Waals surface area contributed by atoms with Gasteiger partial charge in [0, 0.05) is 6.04 Å². The van der Waals surface area contributed by atoms with E-state index in [0.29, 0.717) is 12.6 Å². The van der Waals surface area contributed by atoms with Gasteiger partial charge in [0.1, 0.15) is 12.4 Å². The van der Waals surface area contributed by atoms with Crippen molar-refractivity contribution in [3.8, 4) is 5.75 Å². The number of hydrogen-bond acceptors (Lipinski definition) is 2. The average molecular weight is 203 g/mol. The molecule has 0 spiro atoms. The quantitative estimate of drug-likeness (QED) is 0.760. The first-order valence-electron chi connectivity index (χ1n) is 5.47. The largest absolute Gasteiger partial charge is 0.490 e. The highest BCUT2D eigenvalue weighted by Gasteiger charge is 2.15. The summed E-state index contributed by atoms with van der Waals surface area (Å²) < 4.78 is 5.43. The maximum Gasteiger partial charge on any atom is 0.119 e. The summed E-state index contributed by atoms with van der Waals surface area (Å²) in [4.78, 5) is 0. The lowest BCUT2D eigenvalue weighted by molar-refractivity contribution is 0.363. The molecule has 1 aromatic rings. The number of nitrogens with one attached hydrogen (secondary N) is 1. The van der Waals surface area contributed by atoms with Crippen LogP contribution in [0.5, 0.6) is 5.75 Å². The Balaban J connectivity index is 1.99. The standard InChI is InChI=1S/C13H17NO/c1-2-10-15-12-7-5-11(6-8-12)13-4-3-9-14-13/h2,5-8,13-14H,1,3-4,9-10H2/t13-/m0/s1. The molecule has 1 aliphatic heterocycles. The van der Waals surface area contributed by atoms with Gasteiger partial charge in [-0.25, -0.2) is 0 Å². The van der Waals surface area contributed by atoms with Crippen molar-refractivity contribution < 1.29 is 4.74 Å². The van der Waals surface area contributed by atoms with Gasteiger partial charge in [-0.05, 0) is 37.1 Å². The Bertz CT molecular complexity index is 312. The Labute approximate surface area is 91.0 Å². The Hall–Kier alpha value is -1.28. The van der Waals surface area contributed by atoms with E-state index in [4.69, 9.17) is 4.74 Å². The second-order valence-corrected chi connectivity index (χ2v) is 3.82. The summed E-state index contributed by atoms with van der Waals surface area (Å²) in [5, 5.41) is 3.48. The number of benzene rings is 1. The average Bonchev–Trinajstić information content (AvgIpc) is 2.80. The molecule has 0 radical (unpaired) electrons. The van der Waals surface area contributed by atoms with E-state index in [-0.39, 0.29) is 0 Å². The van der Waals surface area contributed by atoms with Crippen LogP contribution in [0.4, 0.5) is 0 Å². The Morgan fingerprint density at radius 2 is 2.20 bits per heavy atom. The van der Waals surface area contributed by atoms with Gasteiger partial charge in [-0.2, -0.15) is 0 Å². The van der Waals surface area contributed by atoms with Crippen LogP contribution in [0.3, 0.4) is 0 Å². The van der Waals surface area contributed by atoms with Crippen molar-refractivity contribution in [3.63, 3.8) is 0 Å². The SMILES string of the molecule is C=CCOc1ccc([C@@H]2CCCN2)cc1. The molecular formula is C13H17NO. The van der Waals surface area contributed by atoms with Crippen molar-refractivity contribution in [3.05, 3.63) is 42.5 Å². The van der Waals surface area contributed by atoms with Crippen molar-refractivity contribution in [1.29, 1.82) is 0 Å². The van der Waals surface area contributed by atoms with Gasteiger partial charge in [0.15, 0.2) is 0 Å². The van der Waals surface area contributed by atoms with Crippen molar-refractivity contribution in [2.45, 2.75) is 18.9 Å². The minimum absolute atomic E-state index is 0.540. The van der Waals surface area contributed by atoms with Gasteiger partial charge in [0.25, 0.3) is 0 Å². The molecule has 0 amide bonds. The lowest BCUT2D eigenvalue weighted by Gasteiger charge is -2.11. The first kappa shape index (κ1) is 10.2. The van der Waals surface area contributed by atoms with Gasteiger partial charge < -0.3 is 10.1 Å². The Kier molecular flexibility index (Phi) is 3.41. The van der Waals surface area contributed by atoms with Crippen LogP contribution in [-0.4, -0.2) is 13.2 Å². The highest BCUT2D eigenvalue weighted by Crippen LogP contribution is 2.24. The van der Waals surface area contributed by atoms with Gasteiger partial charge in [-0.1, -0.05) is 24.8 Å². The van der Waals surface area contributed by atoms with Gasteiger partial charge in [-0.3, -0.25) is 0 Å². The third-order valence-electron chi connectivity index (χ3n) is 2.71. The molecule has 1 N–H and O–H groups in total. The molecule has 1 aromatic carbocycles. The molecule has 0 aliphatic carbocycles. The summed E-state index contributed by atoms with van der Waals surface area (Å²) in [7, 11) is 0.